The van der Waals surface area contributed by atoms with Gasteiger partial charge >= 0.3 is 0 Å². The van der Waals surface area contributed by atoms with E-state index in [-0.39, 0.29) is 0 Å². The van der Waals surface area contributed by atoms with Gasteiger partial charge in [0.15, 0.2) is 0 Å². The topological polar surface area (TPSA) is 12.0 Å². The highest BCUT2D eigenvalue weighted by Crippen LogP contribution is 2.27. The summed E-state index contributed by atoms with van der Waals surface area (Å²) in [6.07, 6.45) is 2.55. The molecule has 1 heterocycles. The Morgan fingerprint density at radius 1 is 0.882 bits per heavy atom. The molecule has 3 rings (SSSR count). The highest BCUT2D eigenvalue weighted by atomic mass is 14.9. The van der Waals surface area contributed by atoms with Crippen LogP contribution in [0.5, 0.6) is 0 Å². The molecule has 1 saturated heterocycles. The molecule has 0 saturated carbocycles. The van der Waals surface area contributed by atoms with Crippen LogP contribution in [0.4, 0.5) is 0 Å². The summed E-state index contributed by atoms with van der Waals surface area (Å²) in [5.41, 5.74) is 4.04. The van der Waals surface area contributed by atoms with Crippen LogP contribution in [0.25, 0.3) is 11.1 Å². The van der Waals surface area contributed by atoms with E-state index in [0.717, 1.165) is 6.54 Å². The molecule has 1 unspecified atom stereocenters. The minimum Gasteiger partial charge on any atom is -0.310 e. The van der Waals surface area contributed by atoms with Crippen LogP contribution in [0.15, 0.2) is 54.6 Å². The van der Waals surface area contributed by atoms with Gasteiger partial charge in [-0.1, -0.05) is 48.5 Å². The Bertz CT molecular complexity index is 484. The van der Waals surface area contributed by atoms with Crippen molar-refractivity contribution in [3.8, 4) is 11.1 Å². The lowest BCUT2D eigenvalue weighted by Crippen LogP contribution is -2.12. The number of hydrogen-bond acceptors (Lipinski definition) is 1. The molecule has 0 amide bonds. The van der Waals surface area contributed by atoms with Gasteiger partial charge in [-0.3, -0.25) is 0 Å². The summed E-state index contributed by atoms with van der Waals surface area (Å²) in [4.78, 5) is 0. The fraction of sp³-hybridized carbons (Fsp3) is 0.250. The first-order valence-electron chi connectivity index (χ1n) is 6.32. The Labute approximate surface area is 102 Å². The molecule has 0 aromatic heterocycles. The third-order valence-electron chi connectivity index (χ3n) is 3.46. The van der Waals surface area contributed by atoms with E-state index >= 15 is 0 Å². The van der Waals surface area contributed by atoms with Gasteiger partial charge in [0.1, 0.15) is 0 Å². The maximum atomic E-state index is 3.55. The van der Waals surface area contributed by atoms with Crippen molar-refractivity contribution >= 4 is 0 Å². The zero-order valence-corrected chi connectivity index (χ0v) is 9.89. The standard InChI is InChI=1S/C16H17N/c1-2-6-13(7-3-1)14-8-4-9-15(12-14)16-10-5-11-17-16/h1-4,6-9,12,16-17H,5,10-11H2. The summed E-state index contributed by atoms with van der Waals surface area (Å²) in [7, 11) is 0. The fourth-order valence-corrected chi connectivity index (χ4v) is 2.53. The Kier molecular flexibility index (Phi) is 2.93. The minimum atomic E-state index is 0.554. The molecule has 1 nitrogen and oxygen atoms in total. The predicted octanol–water partition coefficient (Wildman–Crippen LogP) is 3.78. The summed E-state index contributed by atoms with van der Waals surface area (Å²) in [6, 6.07) is 20.0. The van der Waals surface area contributed by atoms with Crippen molar-refractivity contribution in [1.82, 2.24) is 5.32 Å². The van der Waals surface area contributed by atoms with E-state index < -0.39 is 0 Å². The number of hydrogen-bond donors (Lipinski definition) is 1. The second-order valence-electron chi connectivity index (χ2n) is 4.64. The van der Waals surface area contributed by atoms with Crippen molar-refractivity contribution in [2.24, 2.45) is 0 Å². The molecule has 1 fully saturated rings. The van der Waals surface area contributed by atoms with E-state index in [4.69, 9.17) is 0 Å². The SMILES string of the molecule is c1ccc(-c2cccc(C3CCCN3)c2)cc1. The van der Waals surface area contributed by atoms with Crippen LogP contribution in [0.2, 0.25) is 0 Å². The van der Waals surface area contributed by atoms with E-state index in [2.05, 4.69) is 59.9 Å². The molecule has 2 aromatic carbocycles. The third kappa shape index (κ3) is 2.25. The Morgan fingerprint density at radius 2 is 1.71 bits per heavy atom. The molecule has 1 atom stereocenters. The molecular formula is C16H17N. The smallest absolute Gasteiger partial charge is 0.0320 e. The van der Waals surface area contributed by atoms with Gasteiger partial charge < -0.3 is 5.32 Å². The Hall–Kier alpha value is -1.60. The minimum absolute atomic E-state index is 0.554. The summed E-state index contributed by atoms with van der Waals surface area (Å²) in [6.45, 7) is 1.15. The first-order chi connectivity index (χ1) is 8.43. The van der Waals surface area contributed by atoms with Crippen LogP contribution in [0.1, 0.15) is 24.4 Å². The average Bonchev–Trinajstić information content (AvgIpc) is 2.94. The van der Waals surface area contributed by atoms with E-state index in [0.29, 0.717) is 6.04 Å². The lowest BCUT2D eigenvalue weighted by Gasteiger charge is -2.12. The molecule has 17 heavy (non-hydrogen) atoms. The highest BCUT2D eigenvalue weighted by molar-refractivity contribution is 5.64. The van der Waals surface area contributed by atoms with Crippen LogP contribution < -0.4 is 5.32 Å². The van der Waals surface area contributed by atoms with Crippen molar-refractivity contribution in [2.45, 2.75) is 18.9 Å². The molecular weight excluding hydrogens is 206 g/mol. The Morgan fingerprint density at radius 3 is 2.47 bits per heavy atom. The molecule has 0 radical (unpaired) electrons. The first-order valence-corrected chi connectivity index (χ1v) is 6.32. The van der Waals surface area contributed by atoms with E-state index in [1.807, 2.05) is 0 Å². The molecule has 1 heteroatoms. The van der Waals surface area contributed by atoms with Crippen molar-refractivity contribution in [1.29, 1.82) is 0 Å². The lowest BCUT2D eigenvalue weighted by molar-refractivity contribution is 0.648. The third-order valence-corrected chi connectivity index (χ3v) is 3.46. The summed E-state index contributed by atoms with van der Waals surface area (Å²) < 4.78 is 0. The number of rotatable bonds is 2. The largest absolute Gasteiger partial charge is 0.310 e. The van der Waals surface area contributed by atoms with Gasteiger partial charge in [-0.05, 0) is 42.1 Å². The van der Waals surface area contributed by atoms with E-state index in [9.17, 15) is 0 Å². The van der Waals surface area contributed by atoms with Gasteiger partial charge in [0.2, 0.25) is 0 Å². The van der Waals surface area contributed by atoms with Crippen molar-refractivity contribution in [3.63, 3.8) is 0 Å². The van der Waals surface area contributed by atoms with E-state index in [1.54, 1.807) is 0 Å². The number of benzene rings is 2. The molecule has 1 N–H and O–H groups in total. The van der Waals surface area contributed by atoms with Crippen molar-refractivity contribution in [2.75, 3.05) is 6.54 Å². The van der Waals surface area contributed by atoms with Gasteiger partial charge in [0.05, 0.1) is 0 Å². The molecule has 2 aromatic rings. The average molecular weight is 223 g/mol. The Balaban J connectivity index is 1.94. The van der Waals surface area contributed by atoms with Crippen LogP contribution >= 0.6 is 0 Å². The molecule has 0 aliphatic carbocycles. The quantitative estimate of drug-likeness (QED) is 0.817. The molecule has 1 aliphatic heterocycles. The van der Waals surface area contributed by atoms with Crippen molar-refractivity contribution in [3.05, 3.63) is 60.2 Å². The molecule has 1 aliphatic rings. The normalized spacial score (nSPS) is 19.4. The lowest BCUT2D eigenvalue weighted by atomic mass is 9.99. The van der Waals surface area contributed by atoms with Crippen LogP contribution in [0.3, 0.4) is 0 Å². The maximum Gasteiger partial charge on any atom is 0.0320 e. The van der Waals surface area contributed by atoms with E-state index in [1.165, 1.54) is 29.5 Å². The van der Waals surface area contributed by atoms with Gasteiger partial charge in [0, 0.05) is 6.04 Å². The molecule has 0 bridgehead atoms. The zero-order chi connectivity index (χ0) is 11.5. The van der Waals surface area contributed by atoms with Crippen LogP contribution in [-0.2, 0) is 0 Å². The first kappa shape index (κ1) is 10.5. The molecule has 86 valence electrons. The maximum absolute atomic E-state index is 3.55. The van der Waals surface area contributed by atoms with Gasteiger partial charge in [0.25, 0.3) is 0 Å². The van der Waals surface area contributed by atoms with Gasteiger partial charge in [-0.25, -0.2) is 0 Å². The highest BCUT2D eigenvalue weighted by Gasteiger charge is 2.16. The van der Waals surface area contributed by atoms with Gasteiger partial charge in [-0.15, -0.1) is 0 Å². The monoisotopic (exact) mass is 223 g/mol. The fourth-order valence-electron chi connectivity index (χ4n) is 2.53. The van der Waals surface area contributed by atoms with Crippen molar-refractivity contribution < 1.29 is 0 Å². The van der Waals surface area contributed by atoms with Crippen LogP contribution in [-0.4, -0.2) is 6.54 Å². The molecule has 0 spiro atoms. The summed E-state index contributed by atoms with van der Waals surface area (Å²) in [5.74, 6) is 0. The second-order valence-corrected chi connectivity index (χ2v) is 4.64. The second kappa shape index (κ2) is 4.72. The summed E-state index contributed by atoms with van der Waals surface area (Å²) >= 11 is 0. The van der Waals surface area contributed by atoms with Crippen LogP contribution in [0, 0.1) is 0 Å². The predicted molar refractivity (Wildman–Crippen MR) is 71.9 cm³/mol. The zero-order valence-electron chi connectivity index (χ0n) is 9.89. The van der Waals surface area contributed by atoms with Gasteiger partial charge in [-0.2, -0.15) is 0 Å². The summed E-state index contributed by atoms with van der Waals surface area (Å²) in [5, 5.41) is 3.55. The number of nitrogens with one attached hydrogen (secondary N) is 1.